The first-order valence-corrected chi connectivity index (χ1v) is 11.4. The molecule has 3 nitrogen and oxygen atoms in total. The maximum atomic E-state index is 13.2. The molecule has 1 aliphatic rings. The number of carbonyl (C=O) groups excluding carboxylic acids is 2. The number of hydrogen-bond acceptors (Lipinski definition) is 3. The van der Waals surface area contributed by atoms with E-state index in [4.69, 9.17) is 0 Å². The summed E-state index contributed by atoms with van der Waals surface area (Å²) >= 11 is 0. The van der Waals surface area contributed by atoms with Crippen LogP contribution in [0, 0.1) is 26.7 Å². The number of Topliss-reactive ketones (excluding diaryl/α,β-unsaturated/α-hetero) is 2. The van der Waals surface area contributed by atoms with Crippen LogP contribution in [0.1, 0.15) is 59.9 Å². The molecule has 0 aromatic heterocycles. The number of ketones is 2. The molecule has 0 spiro atoms. The highest BCUT2D eigenvalue weighted by Crippen LogP contribution is 2.36. The van der Waals surface area contributed by atoms with Crippen LogP contribution in [0.4, 0.5) is 0 Å². The maximum Gasteiger partial charge on any atom is 0.173 e. The Hall–Kier alpha value is -2.52. The van der Waals surface area contributed by atoms with Crippen molar-refractivity contribution in [2.75, 3.05) is 13.6 Å². The summed E-state index contributed by atoms with van der Waals surface area (Å²) in [6, 6.07) is 14.6. The Bertz CT molecular complexity index is 951. The molecule has 0 radical (unpaired) electrons. The quantitative estimate of drug-likeness (QED) is 0.408. The Morgan fingerprint density at radius 2 is 1.71 bits per heavy atom. The van der Waals surface area contributed by atoms with E-state index in [1.54, 1.807) is 0 Å². The predicted octanol–water partition coefficient (Wildman–Crippen LogP) is 5.71. The third-order valence-corrected chi connectivity index (χ3v) is 6.43. The van der Waals surface area contributed by atoms with Gasteiger partial charge >= 0.3 is 0 Å². The van der Waals surface area contributed by atoms with Gasteiger partial charge in [0.25, 0.3) is 0 Å². The van der Waals surface area contributed by atoms with Gasteiger partial charge in [-0.15, -0.1) is 0 Å². The molecule has 2 aromatic carbocycles. The van der Waals surface area contributed by atoms with Crippen LogP contribution in [0.5, 0.6) is 0 Å². The van der Waals surface area contributed by atoms with Crippen molar-refractivity contribution in [3.63, 3.8) is 0 Å². The summed E-state index contributed by atoms with van der Waals surface area (Å²) in [4.78, 5) is 28.4. The van der Waals surface area contributed by atoms with Crippen LogP contribution < -0.4 is 0 Å². The zero-order valence-electron chi connectivity index (χ0n) is 19.6. The van der Waals surface area contributed by atoms with E-state index in [1.807, 2.05) is 26.8 Å². The van der Waals surface area contributed by atoms with Crippen LogP contribution in [-0.2, 0) is 16.1 Å². The number of allylic oxidation sites excluding steroid dienone is 2. The molecule has 1 fully saturated rings. The molecule has 0 amide bonds. The molecule has 3 rings (SSSR count). The van der Waals surface area contributed by atoms with E-state index in [2.05, 4.69) is 61.3 Å². The van der Waals surface area contributed by atoms with Gasteiger partial charge in [0.05, 0.1) is 0 Å². The Kier molecular flexibility index (Phi) is 7.61. The first-order valence-electron chi connectivity index (χ1n) is 11.4. The van der Waals surface area contributed by atoms with Gasteiger partial charge in [-0.2, -0.15) is 0 Å². The van der Waals surface area contributed by atoms with Gasteiger partial charge in [0.2, 0.25) is 0 Å². The summed E-state index contributed by atoms with van der Waals surface area (Å²) in [5.41, 5.74) is 6.18. The maximum absolute atomic E-state index is 13.2. The summed E-state index contributed by atoms with van der Waals surface area (Å²) < 4.78 is 0. The van der Waals surface area contributed by atoms with Crippen molar-refractivity contribution in [1.82, 2.24) is 4.90 Å². The molecule has 31 heavy (non-hydrogen) atoms. The van der Waals surface area contributed by atoms with E-state index in [-0.39, 0.29) is 18.0 Å². The van der Waals surface area contributed by atoms with Crippen LogP contribution in [0.3, 0.4) is 0 Å². The third-order valence-electron chi connectivity index (χ3n) is 6.43. The second-order valence-electron chi connectivity index (χ2n) is 9.13. The Labute approximate surface area is 187 Å². The molecule has 1 saturated carbocycles. The highest BCUT2D eigenvalue weighted by atomic mass is 16.2. The zero-order chi connectivity index (χ0) is 22.5. The summed E-state index contributed by atoms with van der Waals surface area (Å²) in [6.45, 7) is 10.1. The SMILES string of the molecule is CCC(/C=C1\CC(=O)C(c2c(C)cc(C)cc2C)C1=O)CCN(C)Cc1ccccc1. The molecule has 2 atom stereocenters. The van der Waals surface area contributed by atoms with Crippen molar-refractivity contribution < 1.29 is 9.59 Å². The molecule has 1 aliphatic carbocycles. The molecule has 0 N–H and O–H groups in total. The average molecular weight is 418 g/mol. The Morgan fingerprint density at radius 3 is 2.32 bits per heavy atom. The lowest BCUT2D eigenvalue weighted by Gasteiger charge is -2.20. The summed E-state index contributed by atoms with van der Waals surface area (Å²) in [7, 11) is 2.14. The first-order chi connectivity index (χ1) is 14.8. The van der Waals surface area contributed by atoms with Gasteiger partial charge in [0.15, 0.2) is 11.6 Å². The second kappa shape index (κ2) is 10.2. The standard InChI is InChI=1S/C28H35NO2/c1-6-22(12-13-29(5)18-23-10-8-7-9-11-23)16-24-17-25(30)27(28(24)31)26-20(3)14-19(2)15-21(26)4/h7-11,14-16,22,27H,6,12-13,17-18H2,1-5H3/b24-16+. The highest BCUT2D eigenvalue weighted by Gasteiger charge is 2.39. The molecule has 0 heterocycles. The number of benzene rings is 2. The first kappa shape index (κ1) is 23.1. The van der Waals surface area contributed by atoms with Gasteiger partial charge in [-0.05, 0) is 81.0 Å². The summed E-state index contributed by atoms with van der Waals surface area (Å²) in [5, 5.41) is 0. The second-order valence-corrected chi connectivity index (χ2v) is 9.13. The van der Waals surface area contributed by atoms with E-state index in [0.29, 0.717) is 11.5 Å². The van der Waals surface area contributed by atoms with Gasteiger partial charge in [-0.3, -0.25) is 9.59 Å². The van der Waals surface area contributed by atoms with Crippen molar-refractivity contribution in [2.45, 2.75) is 59.4 Å². The number of aryl methyl sites for hydroxylation is 3. The predicted molar refractivity (Wildman–Crippen MR) is 127 cm³/mol. The van der Waals surface area contributed by atoms with Crippen LogP contribution in [0.2, 0.25) is 0 Å². The molecule has 0 bridgehead atoms. The Balaban J connectivity index is 1.69. The van der Waals surface area contributed by atoms with Crippen LogP contribution in [-0.4, -0.2) is 30.1 Å². The minimum absolute atomic E-state index is 0.0103. The molecule has 164 valence electrons. The number of carbonyl (C=O) groups is 2. The molecule has 0 aliphatic heterocycles. The minimum atomic E-state index is -0.620. The molecular formula is C28H35NO2. The third kappa shape index (κ3) is 5.59. The topological polar surface area (TPSA) is 37.4 Å². The van der Waals surface area contributed by atoms with Gasteiger partial charge < -0.3 is 4.90 Å². The van der Waals surface area contributed by atoms with Crippen LogP contribution >= 0.6 is 0 Å². The zero-order valence-corrected chi connectivity index (χ0v) is 19.6. The summed E-state index contributed by atoms with van der Waals surface area (Å²) in [5.74, 6) is -0.257. The molecular weight excluding hydrogens is 382 g/mol. The van der Waals surface area contributed by atoms with E-state index in [0.717, 1.165) is 48.2 Å². The number of nitrogens with zero attached hydrogens (tertiary/aromatic N) is 1. The van der Waals surface area contributed by atoms with Gasteiger partial charge in [-0.1, -0.05) is 61.0 Å². The van der Waals surface area contributed by atoms with Crippen molar-refractivity contribution >= 4 is 11.6 Å². The van der Waals surface area contributed by atoms with Crippen LogP contribution in [0.15, 0.2) is 54.1 Å². The van der Waals surface area contributed by atoms with Crippen LogP contribution in [0.25, 0.3) is 0 Å². The average Bonchev–Trinajstić information content (AvgIpc) is 2.99. The Morgan fingerprint density at radius 1 is 1.06 bits per heavy atom. The van der Waals surface area contributed by atoms with E-state index >= 15 is 0 Å². The normalized spacial score (nSPS) is 18.9. The lowest BCUT2D eigenvalue weighted by molar-refractivity contribution is -0.123. The smallest absolute Gasteiger partial charge is 0.173 e. The number of hydrogen-bond donors (Lipinski definition) is 0. The largest absolute Gasteiger partial charge is 0.302 e. The van der Waals surface area contributed by atoms with E-state index in [1.165, 1.54) is 5.56 Å². The lowest BCUT2D eigenvalue weighted by Crippen LogP contribution is -2.21. The fraction of sp³-hybridized carbons (Fsp3) is 0.429. The van der Waals surface area contributed by atoms with Gasteiger partial charge in [0, 0.05) is 13.0 Å². The molecule has 2 unspecified atom stereocenters. The lowest BCUT2D eigenvalue weighted by atomic mass is 9.87. The fourth-order valence-electron chi connectivity index (χ4n) is 4.84. The van der Waals surface area contributed by atoms with E-state index in [9.17, 15) is 9.59 Å². The van der Waals surface area contributed by atoms with Crippen molar-refractivity contribution in [2.24, 2.45) is 5.92 Å². The van der Waals surface area contributed by atoms with Crippen molar-refractivity contribution in [3.05, 3.63) is 81.9 Å². The monoisotopic (exact) mass is 417 g/mol. The molecule has 2 aromatic rings. The van der Waals surface area contributed by atoms with Gasteiger partial charge in [-0.25, -0.2) is 0 Å². The molecule has 3 heteroatoms. The number of rotatable bonds is 8. The molecule has 0 saturated heterocycles. The van der Waals surface area contributed by atoms with Crippen molar-refractivity contribution in [3.8, 4) is 0 Å². The minimum Gasteiger partial charge on any atom is -0.302 e. The van der Waals surface area contributed by atoms with Crippen molar-refractivity contribution in [1.29, 1.82) is 0 Å². The van der Waals surface area contributed by atoms with Gasteiger partial charge in [0.1, 0.15) is 5.92 Å². The fourth-order valence-corrected chi connectivity index (χ4v) is 4.84. The van der Waals surface area contributed by atoms with E-state index < -0.39 is 5.92 Å². The summed E-state index contributed by atoms with van der Waals surface area (Å²) in [6.07, 6.45) is 4.32. The highest BCUT2D eigenvalue weighted by molar-refractivity contribution is 6.23.